The van der Waals surface area contributed by atoms with Gasteiger partial charge in [-0.1, -0.05) is 17.4 Å². The van der Waals surface area contributed by atoms with Gasteiger partial charge in [0.1, 0.15) is 5.84 Å². The number of aliphatic imine (C=N–C) groups is 1. The van der Waals surface area contributed by atoms with E-state index in [1.807, 2.05) is 6.92 Å². The molecule has 0 aromatic carbocycles. The van der Waals surface area contributed by atoms with Crippen molar-refractivity contribution < 1.29 is 18.0 Å². The Labute approximate surface area is 182 Å². The zero-order valence-electron chi connectivity index (χ0n) is 17.4. The number of hydrogen-bond donors (Lipinski definition) is 1. The zero-order valence-corrected chi connectivity index (χ0v) is 17.4. The average Bonchev–Trinajstić information content (AvgIpc) is 3.19. The van der Waals surface area contributed by atoms with Crippen molar-refractivity contribution in [3.05, 3.63) is 59.7 Å². The third-order valence-electron chi connectivity index (χ3n) is 5.26. The fourth-order valence-corrected chi connectivity index (χ4v) is 3.70. The maximum absolute atomic E-state index is 13.3. The fraction of sp³-hybridized carbons (Fsp3) is 0.381. The van der Waals surface area contributed by atoms with E-state index in [-0.39, 0.29) is 18.4 Å². The molecule has 0 spiro atoms. The first-order valence-corrected chi connectivity index (χ1v) is 10.2. The van der Waals surface area contributed by atoms with E-state index in [9.17, 15) is 18.0 Å². The van der Waals surface area contributed by atoms with Crippen molar-refractivity contribution in [2.24, 2.45) is 4.99 Å². The van der Waals surface area contributed by atoms with Crippen LogP contribution in [-0.2, 0) is 0 Å². The van der Waals surface area contributed by atoms with E-state index < -0.39 is 11.7 Å². The molecular formula is C21H22F3N7O. The largest absolute Gasteiger partial charge is 0.417 e. The van der Waals surface area contributed by atoms with E-state index in [1.165, 1.54) is 17.0 Å². The minimum absolute atomic E-state index is 0.117. The summed E-state index contributed by atoms with van der Waals surface area (Å²) in [6, 6.07) is 3.38. The van der Waals surface area contributed by atoms with E-state index >= 15 is 0 Å². The number of likely N-dealkylation sites (tertiary alicyclic amines) is 1. The SMILES string of the molecule is Cc1ccc(C(=O)N2CCCC(NC3=NC=C(C(F)(F)F)C=CC3)C2)c(-n2ccnn2)n1. The van der Waals surface area contributed by atoms with Crippen LogP contribution in [0.5, 0.6) is 0 Å². The molecule has 11 heteroatoms. The molecule has 32 heavy (non-hydrogen) atoms. The molecule has 1 fully saturated rings. The van der Waals surface area contributed by atoms with Gasteiger partial charge >= 0.3 is 6.18 Å². The Balaban J connectivity index is 1.48. The highest BCUT2D eigenvalue weighted by atomic mass is 19.4. The highest BCUT2D eigenvalue weighted by molar-refractivity contribution is 5.97. The summed E-state index contributed by atoms with van der Waals surface area (Å²) in [4.78, 5) is 23.4. The lowest BCUT2D eigenvalue weighted by molar-refractivity contribution is -0.0883. The average molecular weight is 445 g/mol. The number of nitrogens with zero attached hydrogens (tertiary/aromatic N) is 6. The number of allylic oxidation sites excluding steroid dienone is 2. The quantitative estimate of drug-likeness (QED) is 0.785. The van der Waals surface area contributed by atoms with Gasteiger partial charge in [0.2, 0.25) is 0 Å². The number of piperidine rings is 1. The van der Waals surface area contributed by atoms with Crippen LogP contribution in [0.25, 0.3) is 5.82 Å². The summed E-state index contributed by atoms with van der Waals surface area (Å²) in [5, 5.41) is 11.0. The number of amidine groups is 1. The highest BCUT2D eigenvalue weighted by Crippen LogP contribution is 2.27. The number of carbonyl (C=O) groups excluding carboxylic acids is 1. The molecular weight excluding hydrogens is 423 g/mol. The van der Waals surface area contributed by atoms with E-state index in [0.717, 1.165) is 30.8 Å². The van der Waals surface area contributed by atoms with E-state index in [4.69, 9.17) is 0 Å². The van der Waals surface area contributed by atoms with Crippen molar-refractivity contribution >= 4 is 11.7 Å². The Morgan fingerprint density at radius 1 is 1.28 bits per heavy atom. The third kappa shape index (κ3) is 4.87. The molecule has 0 radical (unpaired) electrons. The molecule has 168 valence electrons. The lowest BCUT2D eigenvalue weighted by Crippen LogP contribution is -2.49. The molecule has 1 atom stereocenters. The second-order valence-corrected chi connectivity index (χ2v) is 7.67. The first-order valence-electron chi connectivity index (χ1n) is 10.2. The van der Waals surface area contributed by atoms with Crippen LogP contribution >= 0.6 is 0 Å². The Hall–Kier alpha value is -3.50. The maximum atomic E-state index is 13.3. The number of alkyl halides is 3. The standard InChI is InChI=1S/C21H22F3N7O/c1-14-7-8-17(19(27-14)31-11-9-26-29-31)20(32)30-10-3-5-16(13-30)28-18-6-2-4-15(12-25-18)21(22,23)24/h2,4,7-9,11-12,16H,3,5-6,10,13H2,1H3,(H,25,28). The topological polar surface area (TPSA) is 88.3 Å². The van der Waals surface area contributed by atoms with Crippen LogP contribution in [0, 0.1) is 6.92 Å². The Morgan fingerprint density at radius 2 is 2.12 bits per heavy atom. The summed E-state index contributed by atoms with van der Waals surface area (Å²) in [6.45, 7) is 2.81. The summed E-state index contributed by atoms with van der Waals surface area (Å²) >= 11 is 0. The predicted molar refractivity (Wildman–Crippen MR) is 111 cm³/mol. The minimum atomic E-state index is -4.44. The number of pyridine rings is 1. The van der Waals surface area contributed by atoms with Gasteiger partial charge in [-0.15, -0.1) is 5.10 Å². The summed E-state index contributed by atoms with van der Waals surface area (Å²) < 4.78 is 40.2. The van der Waals surface area contributed by atoms with Crippen LogP contribution in [-0.4, -0.2) is 61.9 Å². The van der Waals surface area contributed by atoms with E-state index in [0.29, 0.717) is 30.3 Å². The van der Waals surface area contributed by atoms with Crippen LogP contribution in [0.3, 0.4) is 0 Å². The van der Waals surface area contributed by atoms with Crippen molar-refractivity contribution in [2.45, 2.75) is 38.4 Å². The van der Waals surface area contributed by atoms with Gasteiger partial charge in [0.05, 0.1) is 23.5 Å². The smallest absolute Gasteiger partial charge is 0.369 e. The number of amides is 1. The molecule has 2 aliphatic rings. The zero-order chi connectivity index (χ0) is 22.7. The molecule has 1 amide bonds. The van der Waals surface area contributed by atoms with Crippen molar-refractivity contribution in [3.8, 4) is 5.82 Å². The Bertz CT molecular complexity index is 1070. The van der Waals surface area contributed by atoms with Gasteiger partial charge in [0, 0.05) is 37.4 Å². The van der Waals surface area contributed by atoms with E-state index in [2.05, 4.69) is 25.6 Å². The van der Waals surface area contributed by atoms with Crippen molar-refractivity contribution in [2.75, 3.05) is 13.1 Å². The Morgan fingerprint density at radius 3 is 2.88 bits per heavy atom. The van der Waals surface area contributed by atoms with Crippen LogP contribution < -0.4 is 5.32 Å². The number of rotatable bonds is 3. The number of aromatic nitrogens is 4. The van der Waals surface area contributed by atoms with Crippen molar-refractivity contribution in [1.29, 1.82) is 0 Å². The first-order chi connectivity index (χ1) is 15.3. The van der Waals surface area contributed by atoms with Gasteiger partial charge in [-0.2, -0.15) is 13.2 Å². The number of carbonyl (C=O) groups is 1. The molecule has 0 bridgehead atoms. The summed E-state index contributed by atoms with van der Waals surface area (Å²) in [5.41, 5.74) is 0.368. The molecule has 4 rings (SSSR count). The fourth-order valence-electron chi connectivity index (χ4n) is 3.70. The summed E-state index contributed by atoms with van der Waals surface area (Å²) in [6.07, 6.45) is 3.81. The monoisotopic (exact) mass is 445 g/mol. The molecule has 8 nitrogen and oxygen atoms in total. The molecule has 0 aliphatic carbocycles. The molecule has 2 aromatic heterocycles. The van der Waals surface area contributed by atoms with Crippen LogP contribution in [0.15, 0.2) is 53.4 Å². The van der Waals surface area contributed by atoms with Gasteiger partial charge in [0.25, 0.3) is 5.91 Å². The number of aryl methyl sites for hydroxylation is 1. The first kappa shape index (κ1) is 21.7. The maximum Gasteiger partial charge on any atom is 0.417 e. The highest BCUT2D eigenvalue weighted by Gasteiger charge is 2.32. The molecule has 2 aliphatic heterocycles. The number of nitrogens with one attached hydrogen (secondary N) is 1. The van der Waals surface area contributed by atoms with Crippen molar-refractivity contribution in [1.82, 2.24) is 30.2 Å². The number of hydrogen-bond acceptors (Lipinski definition) is 6. The van der Waals surface area contributed by atoms with Gasteiger partial charge in [0.15, 0.2) is 5.82 Å². The molecule has 2 aromatic rings. The van der Waals surface area contributed by atoms with Gasteiger partial charge in [-0.3, -0.25) is 4.79 Å². The second kappa shape index (κ2) is 8.93. The van der Waals surface area contributed by atoms with Crippen LogP contribution in [0.4, 0.5) is 13.2 Å². The van der Waals surface area contributed by atoms with Gasteiger partial charge in [-0.25, -0.2) is 14.7 Å². The molecule has 1 N–H and O–H groups in total. The second-order valence-electron chi connectivity index (χ2n) is 7.67. The normalized spacial score (nSPS) is 19.2. The van der Waals surface area contributed by atoms with Gasteiger partial charge < -0.3 is 10.2 Å². The molecule has 1 unspecified atom stereocenters. The minimum Gasteiger partial charge on any atom is -0.369 e. The summed E-state index contributed by atoms with van der Waals surface area (Å²) in [7, 11) is 0. The lowest BCUT2D eigenvalue weighted by Gasteiger charge is -2.34. The molecule has 0 saturated carbocycles. The third-order valence-corrected chi connectivity index (χ3v) is 5.26. The Kier molecular flexibility index (Phi) is 6.06. The summed E-state index contributed by atoms with van der Waals surface area (Å²) in [5.74, 6) is 0.669. The van der Waals surface area contributed by atoms with Crippen molar-refractivity contribution in [3.63, 3.8) is 0 Å². The van der Waals surface area contributed by atoms with E-state index in [1.54, 1.807) is 23.2 Å². The van der Waals surface area contributed by atoms with Crippen LogP contribution in [0.2, 0.25) is 0 Å². The van der Waals surface area contributed by atoms with Gasteiger partial charge in [-0.05, 0) is 31.9 Å². The molecule has 1 saturated heterocycles. The number of halogens is 3. The van der Waals surface area contributed by atoms with Crippen LogP contribution in [0.1, 0.15) is 35.3 Å². The predicted octanol–water partition coefficient (Wildman–Crippen LogP) is 2.97. The lowest BCUT2D eigenvalue weighted by atomic mass is 10.0. The molecule has 4 heterocycles.